The van der Waals surface area contributed by atoms with E-state index in [4.69, 9.17) is 21.1 Å². The standard InChI is InChI=1S/C39H47ClFN3O6S/c1-38(2,3)50-37(46)43-25-30(44(39(26-43)20-21-39)51(47,48)31-8-5-4-6-9-31)16-17-32-34(41)10-7-11-35(32)42-36(45)24-33(28-18-22-49-23-19-28)27-12-14-29(40)15-13-27/h4-15,28,30,33H,16-26H2,1-3H3,(H,42,45)/t30-,33?/m0/s1. The molecule has 1 spiro atoms. The summed E-state index contributed by atoms with van der Waals surface area (Å²) in [5.41, 5.74) is 0.147. The van der Waals surface area contributed by atoms with Gasteiger partial charge in [0.1, 0.15) is 11.4 Å². The Morgan fingerprint density at radius 1 is 1.02 bits per heavy atom. The van der Waals surface area contributed by atoms with E-state index in [0.29, 0.717) is 36.8 Å². The molecule has 3 aliphatic rings. The molecule has 3 fully saturated rings. The molecule has 0 bridgehead atoms. The molecule has 2 saturated heterocycles. The number of ether oxygens (including phenoxy) is 2. The van der Waals surface area contributed by atoms with E-state index in [9.17, 15) is 18.0 Å². The number of nitrogens with zero attached hydrogens (tertiary/aromatic N) is 2. The number of carbonyl (C=O) groups is 2. The summed E-state index contributed by atoms with van der Waals surface area (Å²) in [7, 11) is -3.96. The van der Waals surface area contributed by atoms with Gasteiger partial charge in [-0.15, -0.1) is 0 Å². The summed E-state index contributed by atoms with van der Waals surface area (Å²) in [6.07, 6.45) is 2.89. The number of hydrogen-bond donors (Lipinski definition) is 1. The fourth-order valence-corrected chi connectivity index (χ4v) is 9.76. The SMILES string of the molecule is CC(C)(C)OC(=O)N1C[C@H](CCc2c(F)cccc2NC(=O)CC(c2ccc(Cl)cc2)C2CCOCC2)N(S(=O)(=O)c2ccccc2)C2(CC2)C1. The lowest BCUT2D eigenvalue weighted by atomic mass is 9.79. The summed E-state index contributed by atoms with van der Waals surface area (Å²) < 4.78 is 57.1. The van der Waals surface area contributed by atoms with E-state index in [0.717, 1.165) is 18.4 Å². The zero-order valence-corrected chi connectivity index (χ0v) is 31.0. The number of anilines is 1. The first-order valence-electron chi connectivity index (χ1n) is 17.7. The number of piperazine rings is 1. The minimum absolute atomic E-state index is 0.0734. The van der Waals surface area contributed by atoms with Crippen molar-refractivity contribution in [2.24, 2.45) is 5.92 Å². The van der Waals surface area contributed by atoms with Crippen molar-refractivity contribution in [2.75, 3.05) is 31.6 Å². The van der Waals surface area contributed by atoms with Gasteiger partial charge in [0, 0.05) is 55.0 Å². The minimum Gasteiger partial charge on any atom is -0.444 e. The van der Waals surface area contributed by atoms with Crippen LogP contribution in [0.4, 0.5) is 14.9 Å². The van der Waals surface area contributed by atoms with E-state index in [2.05, 4.69) is 5.32 Å². The van der Waals surface area contributed by atoms with Gasteiger partial charge in [0.25, 0.3) is 0 Å². The molecule has 1 aliphatic carbocycles. The van der Waals surface area contributed by atoms with E-state index in [-0.39, 0.29) is 60.6 Å². The Bertz CT molecular complexity index is 1810. The monoisotopic (exact) mass is 739 g/mol. The second kappa shape index (κ2) is 15.2. The second-order valence-electron chi connectivity index (χ2n) is 15.0. The normalized spacial score (nSPS) is 20.2. The third-order valence-corrected chi connectivity index (χ3v) is 12.5. The van der Waals surface area contributed by atoms with Crippen LogP contribution >= 0.6 is 11.6 Å². The Kier molecular flexibility index (Phi) is 11.1. The molecule has 1 unspecified atom stereocenters. The Labute approximate surface area is 305 Å². The predicted octanol–water partition coefficient (Wildman–Crippen LogP) is 7.79. The van der Waals surface area contributed by atoms with Crippen LogP contribution in [0.25, 0.3) is 0 Å². The molecular formula is C39H47ClFN3O6S. The first-order chi connectivity index (χ1) is 24.3. The zero-order valence-electron chi connectivity index (χ0n) is 29.4. The highest BCUT2D eigenvalue weighted by Crippen LogP contribution is 2.49. The summed E-state index contributed by atoms with van der Waals surface area (Å²) in [6, 6.07) is 19.8. The van der Waals surface area contributed by atoms with E-state index < -0.39 is 39.1 Å². The van der Waals surface area contributed by atoms with Crippen molar-refractivity contribution in [1.29, 1.82) is 0 Å². The second-order valence-corrected chi connectivity index (χ2v) is 17.3. The van der Waals surface area contributed by atoms with Crippen molar-refractivity contribution in [3.63, 3.8) is 0 Å². The molecule has 2 amide bonds. The maximum Gasteiger partial charge on any atom is 0.410 e. The number of amides is 2. The Balaban J connectivity index is 1.25. The average molecular weight is 740 g/mol. The summed E-state index contributed by atoms with van der Waals surface area (Å²) in [6.45, 7) is 6.95. The molecule has 1 saturated carbocycles. The largest absolute Gasteiger partial charge is 0.444 e. The third kappa shape index (κ3) is 8.76. The molecule has 2 aliphatic heterocycles. The summed E-state index contributed by atoms with van der Waals surface area (Å²) in [5.74, 6) is -0.572. The molecule has 12 heteroatoms. The molecule has 9 nitrogen and oxygen atoms in total. The number of benzene rings is 3. The van der Waals surface area contributed by atoms with E-state index >= 15 is 4.39 Å². The third-order valence-electron chi connectivity index (χ3n) is 10.2. The lowest BCUT2D eigenvalue weighted by Crippen LogP contribution is -2.63. The summed E-state index contributed by atoms with van der Waals surface area (Å²) in [5, 5.41) is 3.60. The zero-order chi connectivity index (χ0) is 36.4. The van der Waals surface area contributed by atoms with Crippen LogP contribution in [-0.4, -0.2) is 73.1 Å². The van der Waals surface area contributed by atoms with Crippen molar-refractivity contribution in [1.82, 2.24) is 9.21 Å². The van der Waals surface area contributed by atoms with Crippen molar-refractivity contribution >= 4 is 39.3 Å². The molecule has 51 heavy (non-hydrogen) atoms. The van der Waals surface area contributed by atoms with E-state index in [1.54, 1.807) is 72.4 Å². The number of halogens is 2. The van der Waals surface area contributed by atoms with Gasteiger partial charge >= 0.3 is 6.09 Å². The van der Waals surface area contributed by atoms with Crippen LogP contribution in [0.5, 0.6) is 0 Å². The van der Waals surface area contributed by atoms with Gasteiger partial charge in [-0.3, -0.25) is 4.79 Å². The Morgan fingerprint density at radius 3 is 2.35 bits per heavy atom. The van der Waals surface area contributed by atoms with Gasteiger partial charge in [-0.1, -0.05) is 48.0 Å². The van der Waals surface area contributed by atoms with Crippen LogP contribution < -0.4 is 5.32 Å². The molecule has 6 rings (SSSR count). The molecule has 0 radical (unpaired) electrons. The van der Waals surface area contributed by atoms with Crippen LogP contribution in [-0.2, 0) is 30.7 Å². The number of nitrogens with one attached hydrogen (secondary N) is 1. The first-order valence-corrected chi connectivity index (χ1v) is 19.6. The van der Waals surface area contributed by atoms with E-state index in [1.807, 2.05) is 24.3 Å². The van der Waals surface area contributed by atoms with Crippen LogP contribution in [0.1, 0.15) is 76.3 Å². The molecule has 2 heterocycles. The van der Waals surface area contributed by atoms with Crippen molar-refractivity contribution < 1.29 is 31.9 Å². The Morgan fingerprint density at radius 2 is 1.71 bits per heavy atom. The number of carbonyl (C=O) groups excluding carboxylic acids is 2. The molecule has 0 aromatic heterocycles. The van der Waals surface area contributed by atoms with Crippen molar-refractivity contribution in [3.8, 4) is 0 Å². The lowest BCUT2D eigenvalue weighted by Gasteiger charge is -2.46. The lowest BCUT2D eigenvalue weighted by molar-refractivity contribution is -0.117. The highest BCUT2D eigenvalue weighted by molar-refractivity contribution is 7.89. The highest BCUT2D eigenvalue weighted by atomic mass is 35.5. The smallest absolute Gasteiger partial charge is 0.410 e. The first kappa shape index (κ1) is 37.3. The number of rotatable bonds is 10. The maximum absolute atomic E-state index is 15.7. The molecule has 1 N–H and O–H groups in total. The van der Waals surface area contributed by atoms with Gasteiger partial charge in [-0.2, -0.15) is 4.31 Å². The van der Waals surface area contributed by atoms with Crippen molar-refractivity contribution in [2.45, 2.75) is 93.7 Å². The van der Waals surface area contributed by atoms with E-state index in [1.165, 1.54) is 6.07 Å². The molecular weight excluding hydrogens is 693 g/mol. The summed E-state index contributed by atoms with van der Waals surface area (Å²) in [4.78, 5) is 28.8. The highest BCUT2D eigenvalue weighted by Gasteiger charge is 2.60. The van der Waals surface area contributed by atoms with Gasteiger partial charge in [-0.25, -0.2) is 17.6 Å². The van der Waals surface area contributed by atoms with Gasteiger partial charge in [0.2, 0.25) is 15.9 Å². The molecule has 2 atom stereocenters. The van der Waals surface area contributed by atoms with Gasteiger partial charge in [0.05, 0.1) is 10.4 Å². The van der Waals surface area contributed by atoms with Crippen LogP contribution in [0.2, 0.25) is 5.02 Å². The van der Waals surface area contributed by atoms with Gasteiger partial charge in [-0.05, 0) is 113 Å². The Hall–Kier alpha value is -3.51. The topological polar surface area (TPSA) is 105 Å². The minimum atomic E-state index is -3.96. The fourth-order valence-electron chi connectivity index (χ4n) is 7.59. The predicted molar refractivity (Wildman–Crippen MR) is 195 cm³/mol. The van der Waals surface area contributed by atoms with Gasteiger partial charge < -0.3 is 19.7 Å². The maximum atomic E-state index is 15.7. The average Bonchev–Trinajstić information content (AvgIpc) is 3.85. The van der Waals surface area contributed by atoms with Gasteiger partial charge in [0.15, 0.2) is 0 Å². The van der Waals surface area contributed by atoms with Crippen LogP contribution in [0.3, 0.4) is 0 Å². The number of sulfonamides is 1. The summed E-state index contributed by atoms with van der Waals surface area (Å²) >= 11 is 6.17. The van der Waals surface area contributed by atoms with Crippen molar-refractivity contribution in [3.05, 3.63) is 94.8 Å². The quantitative estimate of drug-likeness (QED) is 0.228. The molecule has 3 aromatic carbocycles. The number of hydrogen-bond acceptors (Lipinski definition) is 6. The molecule has 274 valence electrons. The van der Waals surface area contributed by atoms with Crippen LogP contribution in [0, 0.1) is 11.7 Å². The van der Waals surface area contributed by atoms with Crippen LogP contribution in [0.15, 0.2) is 77.7 Å². The fraction of sp³-hybridized carbons (Fsp3) is 0.487. The molecule has 3 aromatic rings.